The maximum absolute atomic E-state index is 13.0. The third-order valence-electron chi connectivity index (χ3n) is 4.27. The monoisotopic (exact) mass is 425 g/mol. The molecule has 0 aliphatic carbocycles. The predicted molar refractivity (Wildman–Crippen MR) is 110 cm³/mol. The van der Waals surface area contributed by atoms with E-state index in [1.807, 2.05) is 0 Å². The Morgan fingerprint density at radius 3 is 2.39 bits per heavy atom. The van der Waals surface area contributed by atoms with Gasteiger partial charge in [0.2, 0.25) is 0 Å². The molecule has 160 valence electrons. The van der Waals surface area contributed by atoms with Gasteiger partial charge in [0.15, 0.2) is 18.1 Å². The summed E-state index contributed by atoms with van der Waals surface area (Å²) >= 11 is 0. The molecule has 0 bridgehead atoms. The normalized spacial score (nSPS) is 10.3. The minimum absolute atomic E-state index is 0.157. The Bertz CT molecular complexity index is 1130. The fraction of sp³-hybridized carbons (Fsp3) is 0.136. The number of ether oxygens (including phenoxy) is 2. The van der Waals surface area contributed by atoms with Crippen molar-refractivity contribution < 1.29 is 23.5 Å². The van der Waals surface area contributed by atoms with Crippen LogP contribution in [0.3, 0.4) is 0 Å². The number of carbonyl (C=O) groups is 2. The minimum Gasteiger partial charge on any atom is -0.493 e. The molecule has 0 unspecified atom stereocenters. The van der Waals surface area contributed by atoms with Gasteiger partial charge < -0.3 is 14.0 Å². The van der Waals surface area contributed by atoms with Crippen LogP contribution in [0.2, 0.25) is 0 Å². The lowest BCUT2D eigenvalue weighted by Gasteiger charge is -2.11. The van der Waals surface area contributed by atoms with Crippen LogP contribution in [-0.4, -0.2) is 30.1 Å². The lowest BCUT2D eigenvalue weighted by atomic mass is 10.2. The molecule has 8 nitrogen and oxygen atoms in total. The van der Waals surface area contributed by atoms with E-state index in [0.717, 1.165) is 0 Å². The number of hydrogen-bond acceptors (Lipinski definition) is 5. The van der Waals surface area contributed by atoms with Crippen molar-refractivity contribution in [1.29, 1.82) is 0 Å². The standard InChI is InChI=1S/C22H20FN3O5/c1-30-18-6-2-3-7-19(18)31-14-20(27)24-25-21(28)17-5-4-12-26(22(17)29)13-15-8-10-16(23)11-9-15/h2-12H,13-14H2,1H3,(H,24,27)(H,25,28). The van der Waals surface area contributed by atoms with Gasteiger partial charge in [-0.25, -0.2) is 4.39 Å². The Labute approximate surface area is 177 Å². The van der Waals surface area contributed by atoms with E-state index in [1.54, 1.807) is 36.4 Å². The van der Waals surface area contributed by atoms with Crippen molar-refractivity contribution in [1.82, 2.24) is 15.4 Å². The van der Waals surface area contributed by atoms with Gasteiger partial charge in [0.05, 0.1) is 13.7 Å². The van der Waals surface area contributed by atoms with E-state index in [1.165, 1.54) is 42.1 Å². The van der Waals surface area contributed by atoms with Gasteiger partial charge >= 0.3 is 0 Å². The van der Waals surface area contributed by atoms with E-state index in [2.05, 4.69) is 10.9 Å². The summed E-state index contributed by atoms with van der Waals surface area (Å²) < 4.78 is 24.8. The topological polar surface area (TPSA) is 98.7 Å². The van der Waals surface area contributed by atoms with Gasteiger partial charge in [0.25, 0.3) is 17.4 Å². The molecule has 2 amide bonds. The fourth-order valence-electron chi connectivity index (χ4n) is 2.73. The van der Waals surface area contributed by atoms with Crippen LogP contribution in [-0.2, 0) is 11.3 Å². The molecule has 0 saturated carbocycles. The average Bonchev–Trinajstić information content (AvgIpc) is 2.79. The van der Waals surface area contributed by atoms with Crippen LogP contribution < -0.4 is 25.9 Å². The summed E-state index contributed by atoms with van der Waals surface area (Å²) in [5.74, 6) is -0.941. The van der Waals surface area contributed by atoms with Crippen LogP contribution in [0.4, 0.5) is 4.39 Å². The molecule has 31 heavy (non-hydrogen) atoms. The zero-order valence-corrected chi connectivity index (χ0v) is 16.6. The van der Waals surface area contributed by atoms with Crippen molar-refractivity contribution in [2.75, 3.05) is 13.7 Å². The van der Waals surface area contributed by atoms with Crippen LogP contribution in [0.15, 0.2) is 71.7 Å². The van der Waals surface area contributed by atoms with Crippen molar-refractivity contribution in [2.24, 2.45) is 0 Å². The molecule has 3 aromatic rings. The first-order valence-electron chi connectivity index (χ1n) is 9.27. The van der Waals surface area contributed by atoms with Gasteiger partial charge in [-0.05, 0) is 42.0 Å². The third kappa shape index (κ3) is 5.69. The number of nitrogens with zero attached hydrogens (tertiary/aromatic N) is 1. The number of amides is 2. The predicted octanol–water partition coefficient (Wildman–Crippen LogP) is 1.88. The first-order chi connectivity index (χ1) is 15.0. The molecule has 3 rings (SSSR count). The van der Waals surface area contributed by atoms with Crippen molar-refractivity contribution in [2.45, 2.75) is 6.54 Å². The molecule has 2 aromatic carbocycles. The molecule has 9 heteroatoms. The number of pyridine rings is 1. The Morgan fingerprint density at radius 1 is 0.968 bits per heavy atom. The molecule has 0 aliphatic heterocycles. The molecular formula is C22H20FN3O5. The summed E-state index contributed by atoms with van der Waals surface area (Å²) in [6.07, 6.45) is 1.52. The highest BCUT2D eigenvalue weighted by atomic mass is 19.1. The quantitative estimate of drug-likeness (QED) is 0.564. The van der Waals surface area contributed by atoms with E-state index in [0.29, 0.717) is 17.1 Å². The number of hydrogen-bond donors (Lipinski definition) is 2. The second kappa shape index (κ2) is 10.1. The lowest BCUT2D eigenvalue weighted by Crippen LogP contribution is -2.45. The Morgan fingerprint density at radius 2 is 1.68 bits per heavy atom. The number of rotatable bonds is 7. The third-order valence-corrected chi connectivity index (χ3v) is 4.27. The summed E-state index contributed by atoms with van der Waals surface area (Å²) in [5.41, 5.74) is 4.38. The Balaban J connectivity index is 1.58. The molecular weight excluding hydrogens is 405 g/mol. The van der Waals surface area contributed by atoms with Crippen molar-refractivity contribution in [3.8, 4) is 11.5 Å². The van der Waals surface area contributed by atoms with Crippen LogP contribution in [0.1, 0.15) is 15.9 Å². The van der Waals surface area contributed by atoms with Gasteiger partial charge in [0.1, 0.15) is 11.4 Å². The van der Waals surface area contributed by atoms with Crippen molar-refractivity contribution in [3.05, 3.63) is 94.2 Å². The highest BCUT2D eigenvalue weighted by Crippen LogP contribution is 2.25. The summed E-state index contributed by atoms with van der Waals surface area (Å²) in [4.78, 5) is 36.9. The molecule has 0 atom stereocenters. The highest BCUT2D eigenvalue weighted by Gasteiger charge is 2.14. The number of nitrogens with one attached hydrogen (secondary N) is 2. The number of para-hydroxylation sites is 2. The van der Waals surface area contributed by atoms with Crippen molar-refractivity contribution >= 4 is 11.8 Å². The van der Waals surface area contributed by atoms with Crippen LogP contribution >= 0.6 is 0 Å². The summed E-state index contributed by atoms with van der Waals surface area (Å²) in [6, 6.07) is 15.4. The average molecular weight is 425 g/mol. The maximum Gasteiger partial charge on any atom is 0.276 e. The zero-order valence-electron chi connectivity index (χ0n) is 16.6. The molecule has 1 heterocycles. The largest absolute Gasteiger partial charge is 0.493 e. The molecule has 0 saturated heterocycles. The number of halogens is 1. The SMILES string of the molecule is COc1ccccc1OCC(=O)NNC(=O)c1cccn(Cc2ccc(F)cc2)c1=O. The van der Waals surface area contributed by atoms with Gasteiger partial charge in [0, 0.05) is 6.20 Å². The lowest BCUT2D eigenvalue weighted by molar-refractivity contribution is -0.123. The summed E-state index contributed by atoms with van der Waals surface area (Å²) in [5, 5.41) is 0. The van der Waals surface area contributed by atoms with Crippen LogP contribution in [0.25, 0.3) is 0 Å². The number of benzene rings is 2. The molecule has 2 N–H and O–H groups in total. The Kier molecular flexibility index (Phi) is 7.00. The summed E-state index contributed by atoms with van der Waals surface area (Å²) in [7, 11) is 1.48. The molecule has 0 aliphatic rings. The highest BCUT2D eigenvalue weighted by molar-refractivity contribution is 5.95. The number of aromatic nitrogens is 1. The molecule has 0 radical (unpaired) electrons. The van der Waals surface area contributed by atoms with E-state index >= 15 is 0 Å². The fourth-order valence-corrected chi connectivity index (χ4v) is 2.73. The van der Waals surface area contributed by atoms with E-state index in [9.17, 15) is 18.8 Å². The van der Waals surface area contributed by atoms with Gasteiger partial charge in [-0.1, -0.05) is 24.3 Å². The van der Waals surface area contributed by atoms with Gasteiger partial charge in [-0.3, -0.25) is 25.2 Å². The second-order valence-electron chi connectivity index (χ2n) is 6.42. The van der Waals surface area contributed by atoms with Crippen molar-refractivity contribution in [3.63, 3.8) is 0 Å². The maximum atomic E-state index is 13.0. The van der Waals surface area contributed by atoms with E-state index < -0.39 is 17.4 Å². The first kappa shape index (κ1) is 21.6. The number of methoxy groups -OCH3 is 1. The summed E-state index contributed by atoms with van der Waals surface area (Å²) in [6.45, 7) is -0.205. The second-order valence-corrected chi connectivity index (χ2v) is 6.42. The van der Waals surface area contributed by atoms with E-state index in [4.69, 9.17) is 9.47 Å². The molecule has 1 aromatic heterocycles. The minimum atomic E-state index is -0.774. The van der Waals surface area contributed by atoms with Gasteiger partial charge in [-0.2, -0.15) is 0 Å². The van der Waals surface area contributed by atoms with Gasteiger partial charge in [-0.15, -0.1) is 0 Å². The van der Waals surface area contributed by atoms with E-state index in [-0.39, 0.29) is 24.5 Å². The molecule has 0 fully saturated rings. The smallest absolute Gasteiger partial charge is 0.276 e. The van der Waals surface area contributed by atoms with Crippen LogP contribution in [0, 0.1) is 5.82 Å². The van der Waals surface area contributed by atoms with Crippen LogP contribution in [0.5, 0.6) is 11.5 Å². The number of carbonyl (C=O) groups excluding carboxylic acids is 2. The molecule has 0 spiro atoms. The zero-order chi connectivity index (χ0) is 22.2. The number of hydrazine groups is 1. The first-order valence-corrected chi connectivity index (χ1v) is 9.27. The Hall–Kier alpha value is -4.14.